The molecule has 0 aromatic heterocycles. The number of hydrogen-bond acceptors (Lipinski definition) is 5. The average molecular weight is 504 g/mol. The van der Waals surface area contributed by atoms with E-state index in [-0.39, 0.29) is 47.4 Å². The van der Waals surface area contributed by atoms with Crippen molar-refractivity contribution >= 4 is 11.7 Å². The molecule has 3 aliphatic carbocycles. The third-order valence-electron chi connectivity index (χ3n) is 10.9. The quantitative estimate of drug-likeness (QED) is 0.346. The molecule has 12 atom stereocenters. The highest BCUT2D eigenvalue weighted by Gasteiger charge is 2.82. The SMILES string of the molecule is C=C[C@@H]1C=C(C)[C@H]2[C@@H]3[C@H](Oc4ccc(cc4)C[C@]4(O)NC(=O)[C@]5(O[C@H]54)C(=O)[C@@H]13)[C@@H]1[C@@H](C)C[C@@H](C)C[C@]12C. The molecule has 7 aliphatic rings. The van der Waals surface area contributed by atoms with Gasteiger partial charge in [-0.2, -0.15) is 0 Å². The summed E-state index contributed by atoms with van der Waals surface area (Å²) in [5, 5.41) is 14.2. The Hall–Kier alpha value is -2.44. The van der Waals surface area contributed by atoms with Crippen LogP contribution >= 0.6 is 0 Å². The number of ether oxygens (including phenoxy) is 2. The molecule has 4 heterocycles. The fraction of sp³-hybridized carbons (Fsp3) is 0.613. The molecule has 2 saturated carbocycles. The molecular weight excluding hydrogens is 466 g/mol. The van der Waals surface area contributed by atoms with Gasteiger partial charge in [0.15, 0.2) is 17.6 Å². The van der Waals surface area contributed by atoms with E-state index < -0.39 is 29.3 Å². The third-order valence-corrected chi connectivity index (χ3v) is 10.9. The van der Waals surface area contributed by atoms with Crippen molar-refractivity contribution in [2.45, 2.75) is 70.5 Å². The first-order valence-corrected chi connectivity index (χ1v) is 13.9. The van der Waals surface area contributed by atoms with E-state index in [1.807, 2.05) is 30.3 Å². The predicted molar refractivity (Wildman–Crippen MR) is 137 cm³/mol. The van der Waals surface area contributed by atoms with Gasteiger partial charge in [-0.3, -0.25) is 9.59 Å². The van der Waals surface area contributed by atoms with Crippen LogP contribution in [0.3, 0.4) is 0 Å². The van der Waals surface area contributed by atoms with E-state index >= 15 is 0 Å². The van der Waals surface area contributed by atoms with E-state index in [0.29, 0.717) is 11.8 Å². The molecule has 0 unspecified atom stereocenters. The topological polar surface area (TPSA) is 88.2 Å². The molecule has 1 aromatic carbocycles. The zero-order valence-corrected chi connectivity index (χ0v) is 22.1. The Morgan fingerprint density at radius 2 is 1.92 bits per heavy atom. The zero-order valence-electron chi connectivity index (χ0n) is 22.1. The fourth-order valence-corrected chi connectivity index (χ4v) is 9.97. The number of epoxide rings is 1. The highest BCUT2D eigenvalue weighted by molar-refractivity contribution is 6.16. The van der Waals surface area contributed by atoms with E-state index in [0.717, 1.165) is 24.2 Å². The van der Waals surface area contributed by atoms with Crippen molar-refractivity contribution in [1.29, 1.82) is 0 Å². The lowest BCUT2D eigenvalue weighted by Gasteiger charge is -2.48. The summed E-state index contributed by atoms with van der Waals surface area (Å²) in [6.45, 7) is 13.4. The maximum Gasteiger partial charge on any atom is 0.265 e. The predicted octanol–water partition coefficient (Wildman–Crippen LogP) is 3.83. The van der Waals surface area contributed by atoms with Gasteiger partial charge in [0.05, 0.1) is 0 Å². The Kier molecular flexibility index (Phi) is 4.70. The minimum absolute atomic E-state index is 0.0329. The maximum atomic E-state index is 14.6. The van der Waals surface area contributed by atoms with Crippen LogP contribution in [-0.2, 0) is 20.7 Å². The number of nitrogens with one attached hydrogen (secondary N) is 1. The monoisotopic (exact) mass is 503 g/mol. The van der Waals surface area contributed by atoms with Crippen molar-refractivity contribution in [2.24, 2.45) is 46.8 Å². The van der Waals surface area contributed by atoms with Crippen LogP contribution in [0.2, 0.25) is 0 Å². The number of morpholine rings is 1. The molecule has 1 aromatic rings. The Balaban J connectivity index is 1.46. The number of fused-ring (bicyclic) bond motifs is 4. The second kappa shape index (κ2) is 7.35. The molecule has 0 radical (unpaired) electrons. The maximum absolute atomic E-state index is 14.6. The number of Topliss-reactive ketones (excluding diaryl/α,β-unsaturated/α-hetero) is 1. The van der Waals surface area contributed by atoms with Crippen LogP contribution in [0.15, 0.2) is 48.6 Å². The first-order valence-electron chi connectivity index (χ1n) is 13.9. The summed E-state index contributed by atoms with van der Waals surface area (Å²) >= 11 is 0. The van der Waals surface area contributed by atoms with Crippen molar-refractivity contribution in [3.63, 3.8) is 0 Å². The van der Waals surface area contributed by atoms with Gasteiger partial charge in [-0.25, -0.2) is 0 Å². The molecule has 6 heteroatoms. The summed E-state index contributed by atoms with van der Waals surface area (Å²) in [5.41, 5.74) is -1.16. The number of allylic oxidation sites excluding steroid dienone is 3. The largest absolute Gasteiger partial charge is 0.490 e. The molecule has 196 valence electrons. The molecular formula is C31H37NO5. The summed E-state index contributed by atoms with van der Waals surface area (Å²) in [6.07, 6.45) is 5.35. The van der Waals surface area contributed by atoms with Crippen LogP contribution in [0.5, 0.6) is 5.75 Å². The molecule has 6 nitrogen and oxygen atoms in total. The lowest BCUT2D eigenvalue weighted by Crippen LogP contribution is -2.51. The number of carbonyl (C=O) groups excluding carboxylic acids is 2. The van der Waals surface area contributed by atoms with Gasteiger partial charge in [-0.15, -0.1) is 6.58 Å². The highest BCUT2D eigenvalue weighted by Crippen LogP contribution is 2.68. The molecule has 4 aliphatic heterocycles. The number of benzene rings is 1. The standard InChI is InChI=1S/C31H37NO5/c1-6-19-12-17(4)23-22-21(19)26(33)31-27(37-31)30(35,32-28(31)34)14-18-7-9-20(10-8-18)36-25(22)24-16(3)11-15(2)13-29(23,24)5/h6-10,12,15-16,19,21-25,27,35H,1,11,13-14H2,2-5H3,(H,32,34)/t15-,16+,19-,21+,22-,23+,24+,25+,27+,29+,30-,31+/m1/s1. The second-order valence-electron chi connectivity index (χ2n) is 13.2. The van der Waals surface area contributed by atoms with Crippen LogP contribution < -0.4 is 10.1 Å². The van der Waals surface area contributed by atoms with Gasteiger partial charge < -0.3 is 19.9 Å². The summed E-state index contributed by atoms with van der Waals surface area (Å²) in [4.78, 5) is 28.0. The summed E-state index contributed by atoms with van der Waals surface area (Å²) in [6, 6.07) is 7.80. The minimum atomic E-state index is -1.64. The Bertz CT molecular complexity index is 1240. The Morgan fingerprint density at radius 3 is 2.59 bits per heavy atom. The molecule has 0 spiro atoms. The minimum Gasteiger partial charge on any atom is -0.490 e. The van der Waals surface area contributed by atoms with Crippen LogP contribution in [0, 0.1) is 46.8 Å². The second-order valence-corrected chi connectivity index (χ2v) is 13.2. The van der Waals surface area contributed by atoms with Gasteiger partial charge in [-0.1, -0.05) is 50.6 Å². The summed E-state index contributed by atoms with van der Waals surface area (Å²) < 4.78 is 12.9. The highest BCUT2D eigenvalue weighted by atomic mass is 16.6. The van der Waals surface area contributed by atoms with Gasteiger partial charge in [0.25, 0.3) is 5.91 Å². The van der Waals surface area contributed by atoms with E-state index in [9.17, 15) is 14.7 Å². The molecule has 37 heavy (non-hydrogen) atoms. The number of hydrogen-bond donors (Lipinski definition) is 2. The van der Waals surface area contributed by atoms with Crippen molar-refractivity contribution in [3.05, 3.63) is 54.1 Å². The van der Waals surface area contributed by atoms with Crippen molar-refractivity contribution in [1.82, 2.24) is 5.32 Å². The van der Waals surface area contributed by atoms with Crippen LogP contribution in [0.1, 0.15) is 46.1 Å². The van der Waals surface area contributed by atoms with E-state index in [1.165, 1.54) is 5.57 Å². The number of aliphatic hydroxyl groups is 1. The number of carbonyl (C=O) groups is 2. The summed E-state index contributed by atoms with van der Waals surface area (Å²) in [5.74, 6) is 0.618. The molecule has 2 saturated heterocycles. The van der Waals surface area contributed by atoms with E-state index in [2.05, 4.69) is 45.7 Å². The van der Waals surface area contributed by atoms with Crippen LogP contribution in [0.4, 0.5) is 0 Å². The Morgan fingerprint density at radius 1 is 1.19 bits per heavy atom. The average Bonchev–Trinajstić information content (AvgIpc) is 3.50. The number of amides is 1. The smallest absolute Gasteiger partial charge is 0.265 e. The van der Waals surface area contributed by atoms with Gasteiger partial charge in [-0.05, 0) is 60.6 Å². The number of ketones is 1. The van der Waals surface area contributed by atoms with Crippen molar-refractivity contribution in [2.75, 3.05) is 0 Å². The van der Waals surface area contributed by atoms with Gasteiger partial charge in [0.1, 0.15) is 11.9 Å². The van der Waals surface area contributed by atoms with E-state index in [4.69, 9.17) is 9.47 Å². The molecule has 1 amide bonds. The zero-order chi connectivity index (χ0) is 26.1. The van der Waals surface area contributed by atoms with Crippen molar-refractivity contribution < 1.29 is 24.2 Å². The van der Waals surface area contributed by atoms with Gasteiger partial charge in [0.2, 0.25) is 5.60 Å². The van der Waals surface area contributed by atoms with Gasteiger partial charge >= 0.3 is 0 Å². The van der Waals surface area contributed by atoms with Crippen LogP contribution in [0.25, 0.3) is 0 Å². The first-order chi connectivity index (χ1) is 17.5. The third kappa shape index (κ3) is 2.89. The molecule has 4 fully saturated rings. The summed E-state index contributed by atoms with van der Waals surface area (Å²) in [7, 11) is 0. The molecule has 4 bridgehead atoms. The molecule has 8 rings (SSSR count). The lowest BCUT2D eigenvalue weighted by atomic mass is 9.55. The normalized spacial score (nSPS) is 51.3. The van der Waals surface area contributed by atoms with Gasteiger partial charge in [0, 0.05) is 30.1 Å². The fourth-order valence-electron chi connectivity index (χ4n) is 9.97. The lowest BCUT2D eigenvalue weighted by molar-refractivity contribution is -0.143. The van der Waals surface area contributed by atoms with Crippen molar-refractivity contribution in [3.8, 4) is 5.75 Å². The first kappa shape index (κ1) is 23.7. The Labute approximate surface area is 218 Å². The van der Waals surface area contributed by atoms with Crippen LogP contribution in [-0.4, -0.2) is 40.3 Å². The number of rotatable bonds is 1. The van der Waals surface area contributed by atoms with E-state index in [1.54, 1.807) is 0 Å². The molecule has 2 N–H and O–H groups in total.